The largest absolute Gasteiger partial charge is 0.350 e. The Hall–Kier alpha value is -3.05. The maximum Gasteiger partial charge on any atom is 0.261 e. The first-order valence-electron chi connectivity index (χ1n) is 9.59. The van der Waals surface area contributed by atoms with E-state index in [1.54, 1.807) is 24.3 Å². The summed E-state index contributed by atoms with van der Waals surface area (Å²) in [5, 5.41) is 1.18. The van der Waals surface area contributed by atoms with Gasteiger partial charge in [-0.2, -0.15) is 0 Å². The lowest BCUT2D eigenvalue weighted by molar-refractivity contribution is 0.601. The van der Waals surface area contributed by atoms with E-state index in [1.807, 2.05) is 50.4 Å². The molecule has 4 nitrogen and oxygen atoms in total. The zero-order chi connectivity index (χ0) is 20.6. The summed E-state index contributed by atoms with van der Waals surface area (Å²) in [7, 11) is -1.63. The monoisotopic (exact) mass is 404 g/mol. The van der Waals surface area contributed by atoms with E-state index in [0.717, 1.165) is 16.6 Å². The van der Waals surface area contributed by atoms with Crippen molar-refractivity contribution in [1.29, 1.82) is 0 Å². The van der Waals surface area contributed by atoms with Crippen LogP contribution >= 0.6 is 0 Å². The molecule has 1 unspecified atom stereocenters. The predicted molar refractivity (Wildman–Crippen MR) is 119 cm³/mol. The molecule has 4 rings (SSSR count). The van der Waals surface area contributed by atoms with Gasteiger partial charge in [0.1, 0.15) is 0 Å². The molecule has 0 fully saturated rings. The highest BCUT2D eigenvalue weighted by Gasteiger charge is 2.21. The fraction of sp³-hybridized carbons (Fsp3) is 0.167. The van der Waals surface area contributed by atoms with Crippen molar-refractivity contribution in [3.8, 4) is 0 Å². The van der Waals surface area contributed by atoms with E-state index >= 15 is 0 Å². The van der Waals surface area contributed by atoms with Gasteiger partial charge < -0.3 is 4.57 Å². The average molecular weight is 405 g/mol. The fourth-order valence-corrected chi connectivity index (χ4v) is 4.86. The van der Waals surface area contributed by atoms with Crippen LogP contribution in [0, 0.1) is 6.92 Å². The number of rotatable bonds is 5. The number of nitrogens with zero attached hydrogens (tertiary/aromatic N) is 1. The first-order valence-corrected chi connectivity index (χ1v) is 11.1. The van der Waals surface area contributed by atoms with Crippen molar-refractivity contribution in [3.63, 3.8) is 0 Å². The number of benzene rings is 3. The zero-order valence-electron chi connectivity index (χ0n) is 16.8. The Kier molecular flexibility index (Phi) is 4.92. The Bertz CT molecular complexity index is 1270. The van der Waals surface area contributed by atoms with E-state index in [0.29, 0.717) is 5.69 Å². The molecule has 3 aromatic carbocycles. The number of anilines is 1. The highest BCUT2D eigenvalue weighted by atomic mass is 32.2. The van der Waals surface area contributed by atoms with Crippen LogP contribution in [0.25, 0.3) is 10.9 Å². The van der Waals surface area contributed by atoms with Crippen molar-refractivity contribution < 1.29 is 8.42 Å². The number of para-hydroxylation sites is 2. The molecule has 0 aliphatic carbocycles. The molecule has 1 aromatic heterocycles. The molecule has 4 aromatic rings. The van der Waals surface area contributed by atoms with Crippen molar-refractivity contribution in [2.24, 2.45) is 7.05 Å². The number of hydrogen-bond donors (Lipinski definition) is 1. The minimum Gasteiger partial charge on any atom is -0.350 e. The normalized spacial score (nSPS) is 12.8. The summed E-state index contributed by atoms with van der Waals surface area (Å²) in [6.45, 7) is 4.05. The molecule has 1 heterocycles. The summed E-state index contributed by atoms with van der Waals surface area (Å²) >= 11 is 0. The van der Waals surface area contributed by atoms with Crippen LogP contribution in [0.4, 0.5) is 5.69 Å². The quantitative estimate of drug-likeness (QED) is 0.481. The minimum absolute atomic E-state index is 0.0259. The zero-order valence-corrected chi connectivity index (χ0v) is 17.6. The smallest absolute Gasteiger partial charge is 0.261 e. The van der Waals surface area contributed by atoms with Crippen LogP contribution in [-0.4, -0.2) is 13.0 Å². The van der Waals surface area contributed by atoms with Crippen LogP contribution in [0.15, 0.2) is 83.9 Å². The Balaban J connectivity index is 1.74. The van der Waals surface area contributed by atoms with Gasteiger partial charge >= 0.3 is 0 Å². The van der Waals surface area contributed by atoms with Gasteiger partial charge in [-0.3, -0.25) is 4.72 Å². The van der Waals surface area contributed by atoms with Crippen LogP contribution in [0.3, 0.4) is 0 Å². The van der Waals surface area contributed by atoms with Crippen molar-refractivity contribution >= 4 is 26.6 Å². The van der Waals surface area contributed by atoms with Gasteiger partial charge in [-0.05, 0) is 42.3 Å². The predicted octanol–water partition coefficient (Wildman–Crippen LogP) is 5.44. The highest BCUT2D eigenvalue weighted by Crippen LogP contribution is 2.35. The molecule has 5 heteroatoms. The van der Waals surface area contributed by atoms with Gasteiger partial charge in [-0.1, -0.05) is 61.0 Å². The molecule has 0 aliphatic rings. The minimum atomic E-state index is -3.66. The Morgan fingerprint density at radius 2 is 1.52 bits per heavy atom. The molecule has 148 valence electrons. The summed E-state index contributed by atoms with van der Waals surface area (Å²) in [6, 6.07) is 22.7. The van der Waals surface area contributed by atoms with E-state index < -0.39 is 10.0 Å². The topological polar surface area (TPSA) is 51.1 Å². The lowest BCUT2D eigenvalue weighted by atomic mass is 9.92. The van der Waals surface area contributed by atoms with Crippen molar-refractivity contribution in [2.75, 3.05) is 4.72 Å². The third kappa shape index (κ3) is 3.66. The van der Waals surface area contributed by atoms with E-state index in [-0.39, 0.29) is 10.8 Å². The number of aryl methyl sites for hydroxylation is 2. The second-order valence-electron chi connectivity index (χ2n) is 7.44. The van der Waals surface area contributed by atoms with Crippen LogP contribution in [-0.2, 0) is 17.1 Å². The number of fused-ring (bicyclic) bond motifs is 1. The maximum atomic E-state index is 12.9. The van der Waals surface area contributed by atoms with Gasteiger partial charge in [0, 0.05) is 30.1 Å². The molecule has 0 spiro atoms. The standard InChI is InChI=1S/C24H24N2O2S/c1-17-12-14-19(15-13-17)29(27,28)25-23-10-6-4-8-20(23)18(2)22-16-26(3)24-11-7-5-9-21(22)24/h4-16,18,25H,1-3H3. The molecule has 0 amide bonds. The van der Waals surface area contributed by atoms with Crippen LogP contribution in [0.2, 0.25) is 0 Å². The van der Waals surface area contributed by atoms with Gasteiger partial charge in [0.15, 0.2) is 0 Å². The summed E-state index contributed by atoms with van der Waals surface area (Å²) in [6.07, 6.45) is 2.13. The van der Waals surface area contributed by atoms with Gasteiger partial charge in [-0.25, -0.2) is 8.42 Å². The van der Waals surface area contributed by atoms with Crippen molar-refractivity contribution in [1.82, 2.24) is 4.57 Å². The van der Waals surface area contributed by atoms with Crippen LogP contribution in [0.1, 0.15) is 29.5 Å². The number of aromatic nitrogens is 1. The molecule has 0 radical (unpaired) electrons. The van der Waals surface area contributed by atoms with Crippen LogP contribution < -0.4 is 4.72 Å². The second-order valence-corrected chi connectivity index (χ2v) is 9.12. The SMILES string of the molecule is Cc1ccc(S(=O)(=O)Nc2ccccc2C(C)c2cn(C)c3ccccc23)cc1. The Morgan fingerprint density at radius 3 is 2.28 bits per heavy atom. The molecule has 0 aliphatic heterocycles. The molecule has 0 saturated heterocycles. The number of nitrogens with one attached hydrogen (secondary N) is 1. The maximum absolute atomic E-state index is 12.9. The highest BCUT2D eigenvalue weighted by molar-refractivity contribution is 7.92. The van der Waals surface area contributed by atoms with Gasteiger partial charge in [0.2, 0.25) is 0 Å². The molecule has 1 N–H and O–H groups in total. The van der Waals surface area contributed by atoms with E-state index in [1.165, 1.54) is 10.9 Å². The van der Waals surface area contributed by atoms with Gasteiger partial charge in [0.05, 0.1) is 10.6 Å². The van der Waals surface area contributed by atoms with E-state index in [4.69, 9.17) is 0 Å². The molecular formula is C24H24N2O2S. The summed E-state index contributed by atoms with van der Waals surface area (Å²) in [5.41, 5.74) is 4.90. The Labute approximate surface area is 171 Å². The number of hydrogen-bond acceptors (Lipinski definition) is 2. The summed E-state index contributed by atoms with van der Waals surface area (Å²) in [4.78, 5) is 0.260. The summed E-state index contributed by atoms with van der Waals surface area (Å²) in [5.74, 6) is 0.0259. The first-order chi connectivity index (χ1) is 13.9. The molecule has 1 atom stereocenters. The third-order valence-corrected chi connectivity index (χ3v) is 6.78. The van der Waals surface area contributed by atoms with Crippen molar-refractivity contribution in [3.05, 3.63) is 95.7 Å². The second kappa shape index (κ2) is 7.41. The first kappa shape index (κ1) is 19.3. The van der Waals surface area contributed by atoms with Gasteiger partial charge in [0.25, 0.3) is 10.0 Å². The lowest BCUT2D eigenvalue weighted by Gasteiger charge is -2.18. The molecule has 0 saturated carbocycles. The third-order valence-electron chi connectivity index (χ3n) is 5.40. The fourth-order valence-electron chi connectivity index (χ4n) is 3.77. The van der Waals surface area contributed by atoms with E-state index in [2.05, 4.69) is 34.5 Å². The lowest BCUT2D eigenvalue weighted by Crippen LogP contribution is -2.15. The van der Waals surface area contributed by atoms with Crippen molar-refractivity contribution in [2.45, 2.75) is 24.7 Å². The van der Waals surface area contributed by atoms with E-state index in [9.17, 15) is 8.42 Å². The van der Waals surface area contributed by atoms with Crippen LogP contribution in [0.5, 0.6) is 0 Å². The van der Waals surface area contributed by atoms with Gasteiger partial charge in [-0.15, -0.1) is 0 Å². The molecule has 0 bridgehead atoms. The molecule has 29 heavy (non-hydrogen) atoms. The molecular weight excluding hydrogens is 380 g/mol. The Morgan fingerprint density at radius 1 is 0.862 bits per heavy atom. The summed E-state index contributed by atoms with van der Waals surface area (Å²) < 4.78 is 30.8. The number of sulfonamides is 1. The average Bonchev–Trinajstić information content (AvgIpc) is 3.05.